The predicted octanol–water partition coefficient (Wildman–Crippen LogP) is 1.36. The number of nitrogens with zero attached hydrogens (tertiary/aromatic N) is 2. The van der Waals surface area contributed by atoms with Crippen LogP contribution >= 0.6 is 11.6 Å². The standard InChI is InChI=1S/C12H12ClN3O2/c1-7-8(13)3-2-4-10(7)16-12(18)5-11(17)9(6-14)15-16/h2-5,17H,6,14H2,1H3. The van der Waals surface area contributed by atoms with E-state index in [9.17, 15) is 9.90 Å². The maximum absolute atomic E-state index is 11.8. The Morgan fingerprint density at radius 3 is 2.89 bits per heavy atom. The zero-order valence-corrected chi connectivity index (χ0v) is 10.5. The van der Waals surface area contributed by atoms with Gasteiger partial charge in [-0.2, -0.15) is 9.78 Å². The first-order chi connectivity index (χ1) is 8.54. The van der Waals surface area contributed by atoms with Gasteiger partial charge in [0.05, 0.1) is 5.69 Å². The lowest BCUT2D eigenvalue weighted by Gasteiger charge is -2.10. The lowest BCUT2D eigenvalue weighted by molar-refractivity contribution is 0.457. The quantitative estimate of drug-likeness (QED) is 0.859. The van der Waals surface area contributed by atoms with Crippen LogP contribution in [0.5, 0.6) is 5.75 Å². The minimum Gasteiger partial charge on any atom is -0.506 e. The maximum atomic E-state index is 11.8. The maximum Gasteiger partial charge on any atom is 0.275 e. The molecule has 94 valence electrons. The predicted molar refractivity (Wildman–Crippen MR) is 69.1 cm³/mol. The summed E-state index contributed by atoms with van der Waals surface area (Å²) in [4.78, 5) is 11.8. The normalized spacial score (nSPS) is 10.6. The molecule has 6 heteroatoms. The molecule has 0 atom stereocenters. The number of rotatable bonds is 2. The summed E-state index contributed by atoms with van der Waals surface area (Å²) in [6, 6.07) is 6.28. The molecule has 2 rings (SSSR count). The van der Waals surface area contributed by atoms with Gasteiger partial charge in [0.2, 0.25) is 0 Å². The second-order valence-electron chi connectivity index (χ2n) is 3.81. The summed E-state index contributed by atoms with van der Waals surface area (Å²) < 4.78 is 1.18. The molecule has 0 aliphatic carbocycles. The molecule has 0 spiro atoms. The van der Waals surface area contributed by atoms with Crippen molar-refractivity contribution in [3.63, 3.8) is 0 Å². The molecule has 5 nitrogen and oxygen atoms in total. The average molecular weight is 266 g/mol. The fourth-order valence-electron chi connectivity index (χ4n) is 1.63. The number of halogens is 1. The van der Waals surface area contributed by atoms with Crippen LogP contribution in [-0.2, 0) is 6.54 Å². The van der Waals surface area contributed by atoms with Crippen molar-refractivity contribution in [3.05, 3.63) is 50.9 Å². The van der Waals surface area contributed by atoms with Gasteiger partial charge in [0.15, 0.2) is 0 Å². The van der Waals surface area contributed by atoms with Crippen molar-refractivity contribution in [3.8, 4) is 11.4 Å². The molecule has 1 aromatic heterocycles. The molecule has 1 heterocycles. The van der Waals surface area contributed by atoms with E-state index in [0.717, 1.165) is 11.6 Å². The Kier molecular flexibility index (Phi) is 3.36. The van der Waals surface area contributed by atoms with Crippen molar-refractivity contribution < 1.29 is 5.11 Å². The third-order valence-electron chi connectivity index (χ3n) is 2.65. The van der Waals surface area contributed by atoms with E-state index in [1.807, 2.05) is 0 Å². The summed E-state index contributed by atoms with van der Waals surface area (Å²) in [5.74, 6) is -0.196. The molecular weight excluding hydrogens is 254 g/mol. The lowest BCUT2D eigenvalue weighted by Crippen LogP contribution is -2.23. The molecule has 1 aromatic carbocycles. The Labute approximate surface area is 108 Å². The van der Waals surface area contributed by atoms with E-state index in [0.29, 0.717) is 10.7 Å². The van der Waals surface area contributed by atoms with E-state index in [1.54, 1.807) is 25.1 Å². The highest BCUT2D eigenvalue weighted by Crippen LogP contribution is 2.21. The van der Waals surface area contributed by atoms with Crippen molar-refractivity contribution >= 4 is 11.6 Å². The van der Waals surface area contributed by atoms with Crippen molar-refractivity contribution in [2.75, 3.05) is 0 Å². The van der Waals surface area contributed by atoms with Crippen molar-refractivity contribution in [1.82, 2.24) is 9.78 Å². The van der Waals surface area contributed by atoms with Crippen LogP contribution in [0, 0.1) is 6.92 Å². The van der Waals surface area contributed by atoms with Crippen LogP contribution in [0.25, 0.3) is 5.69 Å². The first-order valence-corrected chi connectivity index (χ1v) is 5.70. The van der Waals surface area contributed by atoms with Crippen LogP contribution < -0.4 is 11.3 Å². The second kappa shape index (κ2) is 4.80. The van der Waals surface area contributed by atoms with Crippen molar-refractivity contribution in [2.45, 2.75) is 13.5 Å². The van der Waals surface area contributed by atoms with Gasteiger partial charge < -0.3 is 10.8 Å². The van der Waals surface area contributed by atoms with Crippen LogP contribution in [0.2, 0.25) is 5.02 Å². The van der Waals surface area contributed by atoms with Gasteiger partial charge >= 0.3 is 0 Å². The Bertz CT molecular complexity index is 652. The molecule has 3 N–H and O–H groups in total. The molecule has 18 heavy (non-hydrogen) atoms. The van der Waals surface area contributed by atoms with Crippen LogP contribution in [-0.4, -0.2) is 14.9 Å². The summed E-state index contributed by atoms with van der Waals surface area (Å²) in [7, 11) is 0. The van der Waals surface area contributed by atoms with E-state index >= 15 is 0 Å². The van der Waals surface area contributed by atoms with Gasteiger partial charge in [0.25, 0.3) is 5.56 Å². The first kappa shape index (κ1) is 12.6. The van der Waals surface area contributed by atoms with Gasteiger partial charge in [-0.05, 0) is 24.6 Å². The molecule has 0 saturated carbocycles. The topological polar surface area (TPSA) is 81.1 Å². The summed E-state index contributed by atoms with van der Waals surface area (Å²) in [5, 5.41) is 14.1. The zero-order valence-electron chi connectivity index (χ0n) is 9.72. The minimum atomic E-state index is -0.435. The number of aromatic nitrogens is 2. The van der Waals surface area contributed by atoms with Crippen LogP contribution in [0.15, 0.2) is 29.1 Å². The van der Waals surface area contributed by atoms with Crippen LogP contribution in [0.3, 0.4) is 0 Å². The fourth-order valence-corrected chi connectivity index (χ4v) is 1.80. The lowest BCUT2D eigenvalue weighted by atomic mass is 10.2. The third kappa shape index (κ3) is 2.10. The highest BCUT2D eigenvalue weighted by Gasteiger charge is 2.11. The van der Waals surface area contributed by atoms with E-state index < -0.39 is 5.56 Å². The highest BCUT2D eigenvalue weighted by atomic mass is 35.5. The highest BCUT2D eigenvalue weighted by molar-refractivity contribution is 6.31. The molecule has 0 radical (unpaired) electrons. The molecule has 0 saturated heterocycles. The van der Waals surface area contributed by atoms with Gasteiger partial charge in [-0.1, -0.05) is 17.7 Å². The van der Waals surface area contributed by atoms with E-state index in [2.05, 4.69) is 5.10 Å². The third-order valence-corrected chi connectivity index (χ3v) is 3.06. The van der Waals surface area contributed by atoms with Gasteiger partial charge in [-0.25, -0.2) is 0 Å². The molecule has 0 aliphatic rings. The Balaban J connectivity index is 2.71. The zero-order chi connectivity index (χ0) is 13.3. The molecular formula is C12H12ClN3O2. The number of nitrogens with two attached hydrogens (primary N) is 1. The van der Waals surface area contributed by atoms with Crippen LogP contribution in [0.4, 0.5) is 0 Å². The first-order valence-electron chi connectivity index (χ1n) is 5.32. The molecule has 0 bridgehead atoms. The van der Waals surface area contributed by atoms with Gasteiger partial charge in [-0.3, -0.25) is 4.79 Å². The Morgan fingerprint density at radius 2 is 2.22 bits per heavy atom. The second-order valence-corrected chi connectivity index (χ2v) is 4.22. The Hall–Kier alpha value is -1.85. The van der Waals surface area contributed by atoms with Crippen LogP contribution in [0.1, 0.15) is 11.3 Å². The number of aromatic hydroxyl groups is 1. The monoisotopic (exact) mass is 265 g/mol. The van der Waals surface area contributed by atoms with Gasteiger partial charge in [0, 0.05) is 17.6 Å². The summed E-state index contributed by atoms with van der Waals surface area (Å²) in [5.41, 5.74) is 6.58. The SMILES string of the molecule is Cc1c(Cl)cccc1-n1nc(CN)c(O)cc1=O. The molecule has 0 fully saturated rings. The summed E-state index contributed by atoms with van der Waals surface area (Å²) in [6.45, 7) is 1.84. The fraction of sp³-hybridized carbons (Fsp3) is 0.167. The molecule has 2 aromatic rings. The molecule has 0 unspecified atom stereocenters. The smallest absolute Gasteiger partial charge is 0.275 e. The van der Waals surface area contributed by atoms with E-state index in [-0.39, 0.29) is 18.0 Å². The average Bonchev–Trinajstić information content (AvgIpc) is 2.34. The number of hydrogen-bond donors (Lipinski definition) is 2. The molecule has 0 amide bonds. The summed E-state index contributed by atoms with van der Waals surface area (Å²) in [6.07, 6.45) is 0. The largest absolute Gasteiger partial charge is 0.506 e. The number of hydrogen-bond acceptors (Lipinski definition) is 4. The van der Waals surface area contributed by atoms with E-state index in [1.165, 1.54) is 4.68 Å². The van der Waals surface area contributed by atoms with Gasteiger partial charge in [0.1, 0.15) is 11.4 Å². The van der Waals surface area contributed by atoms with Crippen molar-refractivity contribution in [1.29, 1.82) is 0 Å². The number of benzene rings is 1. The van der Waals surface area contributed by atoms with E-state index in [4.69, 9.17) is 17.3 Å². The van der Waals surface area contributed by atoms with Crippen molar-refractivity contribution in [2.24, 2.45) is 5.73 Å². The molecule has 0 aliphatic heterocycles. The minimum absolute atomic E-state index is 0.0473. The van der Waals surface area contributed by atoms with Gasteiger partial charge in [-0.15, -0.1) is 0 Å². The summed E-state index contributed by atoms with van der Waals surface area (Å²) >= 11 is 6.00. The Morgan fingerprint density at radius 1 is 1.50 bits per heavy atom.